The molecular weight excluding hydrogens is 404 g/mol. The lowest BCUT2D eigenvalue weighted by atomic mass is 9.97. The molecule has 172 valence electrons. The van der Waals surface area contributed by atoms with E-state index in [1.807, 2.05) is 12.1 Å². The van der Waals surface area contributed by atoms with Crippen LogP contribution in [-0.2, 0) is 0 Å². The van der Waals surface area contributed by atoms with Gasteiger partial charge in [0.25, 0.3) is 0 Å². The van der Waals surface area contributed by atoms with Crippen LogP contribution in [-0.4, -0.2) is 79.8 Å². The molecule has 32 heavy (non-hydrogen) atoms. The van der Waals surface area contributed by atoms with E-state index in [0.29, 0.717) is 35.4 Å². The summed E-state index contributed by atoms with van der Waals surface area (Å²) in [5.74, 6) is 2.76. The Hall–Kier alpha value is -2.63. The summed E-state index contributed by atoms with van der Waals surface area (Å²) in [6.07, 6.45) is 5.90. The van der Waals surface area contributed by atoms with Crippen LogP contribution in [0.5, 0.6) is 11.5 Å². The Morgan fingerprint density at radius 1 is 1.12 bits per heavy atom. The Morgan fingerprint density at radius 2 is 1.91 bits per heavy atom. The van der Waals surface area contributed by atoms with Gasteiger partial charge in [-0.25, -0.2) is 9.97 Å². The molecule has 0 aliphatic carbocycles. The summed E-state index contributed by atoms with van der Waals surface area (Å²) in [6.45, 7) is 7.14. The third kappa shape index (κ3) is 5.59. The quantitative estimate of drug-likeness (QED) is 0.598. The summed E-state index contributed by atoms with van der Waals surface area (Å²) < 4.78 is 11.7. The molecule has 0 atom stereocenters. The van der Waals surface area contributed by atoms with Crippen molar-refractivity contribution >= 4 is 16.7 Å². The van der Waals surface area contributed by atoms with Gasteiger partial charge in [0.1, 0.15) is 11.9 Å². The molecule has 1 aromatic heterocycles. The van der Waals surface area contributed by atoms with Crippen molar-refractivity contribution in [3.05, 3.63) is 18.0 Å². The van der Waals surface area contributed by atoms with Gasteiger partial charge in [-0.1, -0.05) is 0 Å². The van der Waals surface area contributed by atoms with Crippen molar-refractivity contribution in [3.63, 3.8) is 0 Å². The predicted molar refractivity (Wildman–Crippen MR) is 125 cm³/mol. The Kier molecular flexibility index (Phi) is 7.61. The molecule has 8 nitrogen and oxygen atoms in total. The molecular formula is C24H34N6O2. The van der Waals surface area contributed by atoms with E-state index in [1.54, 1.807) is 7.11 Å². The van der Waals surface area contributed by atoms with Gasteiger partial charge >= 0.3 is 0 Å². The summed E-state index contributed by atoms with van der Waals surface area (Å²) >= 11 is 0. The molecule has 0 saturated carbocycles. The van der Waals surface area contributed by atoms with E-state index >= 15 is 0 Å². The number of aromatic nitrogens is 2. The van der Waals surface area contributed by atoms with Gasteiger partial charge in [-0.3, -0.25) is 0 Å². The SMILES string of the molecule is COc1cc2c(NCC3CCN(C)CC3)nc(C#N)nc2cc1OCCCN1CCCC1. The van der Waals surface area contributed by atoms with Gasteiger partial charge in [0.05, 0.1) is 19.2 Å². The van der Waals surface area contributed by atoms with Crippen molar-refractivity contribution in [3.8, 4) is 17.6 Å². The summed E-state index contributed by atoms with van der Waals surface area (Å²) in [5, 5.41) is 13.8. The zero-order valence-corrected chi connectivity index (χ0v) is 19.3. The first kappa shape index (κ1) is 22.6. The lowest BCUT2D eigenvalue weighted by molar-refractivity contribution is 0.226. The van der Waals surface area contributed by atoms with E-state index in [-0.39, 0.29) is 5.82 Å². The first-order valence-electron chi connectivity index (χ1n) is 11.7. The van der Waals surface area contributed by atoms with E-state index in [1.165, 1.54) is 25.9 Å². The van der Waals surface area contributed by atoms with Gasteiger partial charge in [-0.05, 0) is 77.3 Å². The number of benzene rings is 1. The van der Waals surface area contributed by atoms with E-state index in [2.05, 4.69) is 38.2 Å². The minimum absolute atomic E-state index is 0.161. The highest BCUT2D eigenvalue weighted by Gasteiger charge is 2.19. The number of anilines is 1. The number of piperidine rings is 1. The largest absolute Gasteiger partial charge is 0.493 e. The molecule has 0 bridgehead atoms. The van der Waals surface area contributed by atoms with Gasteiger partial charge in [-0.15, -0.1) is 0 Å². The highest BCUT2D eigenvalue weighted by Crippen LogP contribution is 2.34. The molecule has 2 saturated heterocycles. The van der Waals surface area contributed by atoms with Crippen LogP contribution < -0.4 is 14.8 Å². The van der Waals surface area contributed by atoms with Crippen LogP contribution in [0, 0.1) is 17.2 Å². The lowest BCUT2D eigenvalue weighted by Gasteiger charge is -2.29. The fraction of sp³-hybridized carbons (Fsp3) is 0.625. The van der Waals surface area contributed by atoms with Gasteiger partial charge < -0.3 is 24.6 Å². The summed E-state index contributed by atoms with van der Waals surface area (Å²) in [5.41, 5.74) is 0.692. The molecule has 8 heteroatoms. The topological polar surface area (TPSA) is 86.5 Å². The molecule has 0 spiro atoms. The molecule has 2 aromatic rings. The van der Waals surface area contributed by atoms with Crippen LogP contribution in [0.25, 0.3) is 10.9 Å². The second-order valence-corrected chi connectivity index (χ2v) is 8.91. The first-order valence-corrected chi connectivity index (χ1v) is 11.7. The number of nitriles is 1. The normalized spacial score (nSPS) is 18.0. The molecule has 2 fully saturated rings. The number of nitrogens with one attached hydrogen (secondary N) is 1. The fourth-order valence-electron chi connectivity index (χ4n) is 4.58. The van der Waals surface area contributed by atoms with Crippen molar-refractivity contribution in [1.82, 2.24) is 19.8 Å². The molecule has 2 aliphatic rings. The number of hydrogen-bond acceptors (Lipinski definition) is 8. The molecule has 1 N–H and O–H groups in total. The van der Waals surface area contributed by atoms with E-state index < -0.39 is 0 Å². The first-order chi connectivity index (χ1) is 15.7. The molecule has 3 heterocycles. The molecule has 4 rings (SSSR count). The maximum Gasteiger partial charge on any atom is 0.234 e. The third-order valence-electron chi connectivity index (χ3n) is 6.55. The zero-order chi connectivity index (χ0) is 22.3. The van der Waals surface area contributed by atoms with Crippen LogP contribution in [0.2, 0.25) is 0 Å². The number of likely N-dealkylation sites (tertiary alicyclic amines) is 2. The number of ether oxygens (including phenoxy) is 2. The smallest absolute Gasteiger partial charge is 0.234 e. The van der Waals surface area contributed by atoms with Crippen LogP contribution in [0.1, 0.15) is 37.9 Å². The summed E-state index contributed by atoms with van der Waals surface area (Å²) in [6, 6.07) is 5.88. The highest BCUT2D eigenvalue weighted by molar-refractivity contribution is 5.92. The summed E-state index contributed by atoms with van der Waals surface area (Å²) in [4.78, 5) is 13.7. The van der Waals surface area contributed by atoms with Crippen molar-refractivity contribution < 1.29 is 9.47 Å². The fourth-order valence-corrected chi connectivity index (χ4v) is 4.58. The van der Waals surface area contributed by atoms with Crippen molar-refractivity contribution in [2.24, 2.45) is 5.92 Å². The Balaban J connectivity index is 1.48. The second kappa shape index (κ2) is 10.8. The third-order valence-corrected chi connectivity index (χ3v) is 6.55. The Morgan fingerprint density at radius 3 is 2.62 bits per heavy atom. The minimum Gasteiger partial charge on any atom is -0.493 e. The monoisotopic (exact) mass is 438 g/mol. The number of nitrogens with zero attached hydrogens (tertiary/aromatic N) is 5. The maximum absolute atomic E-state index is 9.45. The molecule has 0 amide bonds. The average molecular weight is 439 g/mol. The average Bonchev–Trinajstić information content (AvgIpc) is 3.34. The van der Waals surface area contributed by atoms with Crippen molar-refractivity contribution in [2.75, 3.05) is 65.3 Å². The Labute approximate surface area is 190 Å². The molecule has 1 aromatic carbocycles. The van der Waals surface area contributed by atoms with E-state index in [4.69, 9.17) is 9.47 Å². The lowest BCUT2D eigenvalue weighted by Crippen LogP contribution is -2.33. The van der Waals surface area contributed by atoms with E-state index in [9.17, 15) is 5.26 Å². The van der Waals surface area contributed by atoms with Gasteiger partial charge in [0, 0.05) is 24.5 Å². The maximum atomic E-state index is 9.45. The van der Waals surface area contributed by atoms with Crippen LogP contribution in [0.15, 0.2) is 12.1 Å². The number of rotatable bonds is 9. The number of hydrogen-bond donors (Lipinski definition) is 1. The van der Waals surface area contributed by atoms with Crippen LogP contribution >= 0.6 is 0 Å². The molecule has 2 aliphatic heterocycles. The van der Waals surface area contributed by atoms with Gasteiger partial charge in [0.2, 0.25) is 5.82 Å². The second-order valence-electron chi connectivity index (χ2n) is 8.91. The zero-order valence-electron chi connectivity index (χ0n) is 19.3. The van der Waals surface area contributed by atoms with E-state index in [0.717, 1.165) is 50.8 Å². The highest BCUT2D eigenvalue weighted by atomic mass is 16.5. The van der Waals surface area contributed by atoms with Gasteiger partial charge in [-0.2, -0.15) is 5.26 Å². The molecule has 0 unspecified atom stereocenters. The minimum atomic E-state index is 0.161. The van der Waals surface area contributed by atoms with Crippen LogP contribution in [0.4, 0.5) is 5.82 Å². The number of methoxy groups -OCH3 is 1. The van der Waals surface area contributed by atoms with Gasteiger partial charge in [0.15, 0.2) is 11.5 Å². The van der Waals surface area contributed by atoms with Crippen molar-refractivity contribution in [2.45, 2.75) is 32.1 Å². The Bertz CT molecular complexity index is 946. The van der Waals surface area contributed by atoms with Crippen molar-refractivity contribution in [1.29, 1.82) is 5.26 Å². The number of fused-ring (bicyclic) bond motifs is 1. The standard InChI is InChI=1S/C24H34N6O2/c1-29-11-6-18(7-12-29)17-26-24-19-14-21(31-2)22(15-20(19)27-23(16-25)28-24)32-13-5-10-30-8-3-4-9-30/h14-15,18H,3-13,17H2,1-2H3,(H,26,27,28). The van der Waals surface area contributed by atoms with Crippen LogP contribution in [0.3, 0.4) is 0 Å². The summed E-state index contributed by atoms with van der Waals surface area (Å²) in [7, 11) is 3.81. The molecule has 0 radical (unpaired) electrons. The predicted octanol–water partition coefficient (Wildman–Crippen LogP) is 3.13.